The second kappa shape index (κ2) is 8.29. The van der Waals surface area contributed by atoms with Gasteiger partial charge in [0.15, 0.2) is 5.13 Å². The van der Waals surface area contributed by atoms with Crippen LogP contribution in [0.1, 0.15) is 18.4 Å². The third-order valence-electron chi connectivity index (χ3n) is 4.49. The Balaban J connectivity index is 1.54. The number of anilines is 1. The first-order valence-corrected chi connectivity index (χ1v) is 9.39. The number of carbonyl (C=O) groups excluding carboxylic acids is 1. The molecule has 0 bridgehead atoms. The van der Waals surface area contributed by atoms with Crippen molar-refractivity contribution in [2.75, 3.05) is 32.1 Å². The molecule has 1 aromatic heterocycles. The van der Waals surface area contributed by atoms with Crippen molar-refractivity contribution < 1.29 is 9.53 Å². The van der Waals surface area contributed by atoms with Gasteiger partial charge in [0.2, 0.25) is 0 Å². The maximum atomic E-state index is 11.3. The molecule has 7 nitrogen and oxygen atoms in total. The molecule has 2 aromatic rings. The Morgan fingerprint density at radius 1 is 1.38 bits per heavy atom. The van der Waals surface area contributed by atoms with Crippen molar-refractivity contribution in [3.05, 3.63) is 35.2 Å². The Bertz CT molecular complexity index is 766. The summed E-state index contributed by atoms with van der Waals surface area (Å²) in [5.74, 6) is -0.118. The fourth-order valence-electron chi connectivity index (χ4n) is 2.95. The molecule has 1 aromatic carbocycles. The minimum Gasteiger partial charge on any atom is -0.468 e. The van der Waals surface area contributed by atoms with Gasteiger partial charge in [-0.1, -0.05) is 24.3 Å². The third-order valence-corrected chi connectivity index (χ3v) is 5.26. The molecule has 2 heterocycles. The van der Waals surface area contributed by atoms with E-state index in [1.807, 2.05) is 29.6 Å². The lowest BCUT2D eigenvalue weighted by molar-refractivity contribution is -0.142. The van der Waals surface area contributed by atoms with Gasteiger partial charge in [-0.25, -0.2) is 4.98 Å². The van der Waals surface area contributed by atoms with E-state index in [1.165, 1.54) is 7.11 Å². The van der Waals surface area contributed by atoms with Crippen LogP contribution < -0.4 is 11.1 Å². The van der Waals surface area contributed by atoms with E-state index in [4.69, 9.17) is 15.9 Å². The van der Waals surface area contributed by atoms with Crippen LogP contribution in [-0.2, 0) is 9.53 Å². The van der Waals surface area contributed by atoms with Crippen LogP contribution in [0.25, 0.3) is 11.3 Å². The number of nitrogen functional groups attached to an aromatic ring is 1. The van der Waals surface area contributed by atoms with E-state index in [9.17, 15) is 4.79 Å². The van der Waals surface area contributed by atoms with Gasteiger partial charge in [0.05, 0.1) is 19.3 Å². The van der Waals surface area contributed by atoms with Crippen molar-refractivity contribution >= 4 is 28.3 Å². The minimum absolute atomic E-state index is 0.0655. The zero-order valence-corrected chi connectivity index (χ0v) is 15.5. The summed E-state index contributed by atoms with van der Waals surface area (Å²) in [4.78, 5) is 18.1. The summed E-state index contributed by atoms with van der Waals surface area (Å²) in [7, 11) is 1.42. The molecular formula is C18H23N5O2S. The molecule has 0 atom stereocenters. The SMILES string of the molecule is COC(=O)CN1CCC(Nc2nc(-c3ccc(C(=N)N)cc3)cs2)CC1. The molecule has 1 aliphatic heterocycles. The van der Waals surface area contributed by atoms with Crippen LogP contribution in [0.3, 0.4) is 0 Å². The maximum absolute atomic E-state index is 11.3. The average molecular weight is 373 g/mol. The molecule has 138 valence electrons. The highest BCUT2D eigenvalue weighted by atomic mass is 32.1. The topological polar surface area (TPSA) is 104 Å². The lowest BCUT2D eigenvalue weighted by atomic mass is 10.1. The molecule has 8 heteroatoms. The zero-order valence-electron chi connectivity index (χ0n) is 14.7. The van der Waals surface area contributed by atoms with Crippen molar-refractivity contribution in [1.29, 1.82) is 5.41 Å². The van der Waals surface area contributed by atoms with Gasteiger partial charge >= 0.3 is 5.97 Å². The van der Waals surface area contributed by atoms with Gasteiger partial charge in [0.1, 0.15) is 5.84 Å². The molecule has 0 amide bonds. The lowest BCUT2D eigenvalue weighted by Gasteiger charge is -2.31. The molecule has 1 saturated heterocycles. The Morgan fingerprint density at radius 3 is 2.69 bits per heavy atom. The quantitative estimate of drug-likeness (QED) is 0.407. The second-order valence-corrected chi connectivity index (χ2v) is 7.16. The van der Waals surface area contributed by atoms with E-state index in [2.05, 4.69) is 15.2 Å². The number of nitrogens with two attached hydrogens (primary N) is 1. The number of benzene rings is 1. The standard InChI is InChI=1S/C18H23N5O2S/c1-25-16(24)10-23-8-6-14(7-9-23)21-18-22-15(11-26-18)12-2-4-13(5-3-12)17(19)20/h2-5,11,14H,6-10H2,1H3,(H3,19,20)(H,21,22). The number of amidine groups is 1. The number of ether oxygens (including phenoxy) is 1. The minimum atomic E-state index is -0.184. The summed E-state index contributed by atoms with van der Waals surface area (Å²) in [6.07, 6.45) is 1.94. The number of nitrogens with zero attached hydrogens (tertiary/aromatic N) is 2. The molecule has 26 heavy (non-hydrogen) atoms. The molecule has 4 N–H and O–H groups in total. The smallest absolute Gasteiger partial charge is 0.319 e. The Labute approximate surface area is 156 Å². The molecule has 0 spiro atoms. The number of aromatic nitrogens is 1. The van der Waals surface area contributed by atoms with E-state index in [1.54, 1.807) is 11.3 Å². The zero-order chi connectivity index (χ0) is 18.5. The number of hydrogen-bond acceptors (Lipinski definition) is 7. The first-order chi connectivity index (χ1) is 12.5. The summed E-state index contributed by atoms with van der Waals surface area (Å²) >= 11 is 1.59. The van der Waals surface area contributed by atoms with E-state index in [0.717, 1.165) is 42.3 Å². The van der Waals surface area contributed by atoms with Gasteiger partial charge in [-0.05, 0) is 12.8 Å². The number of esters is 1. The number of likely N-dealkylation sites (tertiary alicyclic amines) is 1. The molecular weight excluding hydrogens is 350 g/mol. The second-order valence-electron chi connectivity index (χ2n) is 6.30. The lowest BCUT2D eigenvalue weighted by Crippen LogP contribution is -2.41. The summed E-state index contributed by atoms with van der Waals surface area (Å²) in [5.41, 5.74) is 8.11. The normalized spacial score (nSPS) is 15.6. The fraction of sp³-hybridized carbons (Fsp3) is 0.389. The van der Waals surface area contributed by atoms with E-state index in [-0.39, 0.29) is 11.8 Å². The van der Waals surface area contributed by atoms with Crippen LogP contribution >= 0.6 is 11.3 Å². The highest BCUT2D eigenvalue weighted by Gasteiger charge is 2.21. The van der Waals surface area contributed by atoms with Crippen molar-refractivity contribution in [3.8, 4) is 11.3 Å². The highest BCUT2D eigenvalue weighted by Crippen LogP contribution is 2.26. The number of methoxy groups -OCH3 is 1. The molecule has 3 rings (SSSR count). The Hall–Kier alpha value is -2.45. The summed E-state index contributed by atoms with van der Waals surface area (Å²) < 4.78 is 4.72. The average Bonchev–Trinajstić information content (AvgIpc) is 3.12. The summed E-state index contributed by atoms with van der Waals surface area (Å²) in [6, 6.07) is 7.90. The number of piperidine rings is 1. The van der Waals surface area contributed by atoms with Gasteiger partial charge in [-0.2, -0.15) is 0 Å². The van der Waals surface area contributed by atoms with Gasteiger partial charge in [-0.15, -0.1) is 11.3 Å². The molecule has 1 aliphatic rings. The molecule has 0 radical (unpaired) electrons. The fourth-order valence-corrected chi connectivity index (χ4v) is 3.75. The molecule has 1 fully saturated rings. The van der Waals surface area contributed by atoms with Crippen LogP contribution in [0.5, 0.6) is 0 Å². The molecule has 0 aliphatic carbocycles. The number of rotatable bonds is 6. The number of thiazole rings is 1. The van der Waals surface area contributed by atoms with Crippen LogP contribution in [0, 0.1) is 5.41 Å². The van der Waals surface area contributed by atoms with Gasteiger partial charge in [-0.3, -0.25) is 15.1 Å². The van der Waals surface area contributed by atoms with Gasteiger partial charge < -0.3 is 15.8 Å². The highest BCUT2D eigenvalue weighted by molar-refractivity contribution is 7.14. The first kappa shape index (κ1) is 18.3. The van der Waals surface area contributed by atoms with Crippen molar-refractivity contribution in [1.82, 2.24) is 9.88 Å². The predicted octanol–water partition coefficient (Wildman–Crippen LogP) is 2.14. The number of hydrogen-bond donors (Lipinski definition) is 3. The van der Waals surface area contributed by atoms with Crippen molar-refractivity contribution in [2.24, 2.45) is 5.73 Å². The molecule has 0 saturated carbocycles. The Morgan fingerprint density at radius 2 is 2.08 bits per heavy atom. The third kappa shape index (κ3) is 4.59. The van der Waals surface area contributed by atoms with Gasteiger partial charge in [0, 0.05) is 35.6 Å². The Kier molecular flexibility index (Phi) is 5.85. The number of carbonyl (C=O) groups is 1. The van der Waals surface area contributed by atoms with E-state index in [0.29, 0.717) is 18.2 Å². The van der Waals surface area contributed by atoms with Crippen LogP contribution in [0.4, 0.5) is 5.13 Å². The van der Waals surface area contributed by atoms with E-state index >= 15 is 0 Å². The van der Waals surface area contributed by atoms with Crippen LogP contribution in [0.2, 0.25) is 0 Å². The predicted molar refractivity (Wildman–Crippen MR) is 104 cm³/mol. The van der Waals surface area contributed by atoms with Crippen LogP contribution in [0.15, 0.2) is 29.6 Å². The van der Waals surface area contributed by atoms with Gasteiger partial charge in [0.25, 0.3) is 0 Å². The monoisotopic (exact) mass is 373 g/mol. The summed E-state index contributed by atoms with van der Waals surface area (Å²) in [6.45, 7) is 2.11. The van der Waals surface area contributed by atoms with Crippen molar-refractivity contribution in [2.45, 2.75) is 18.9 Å². The molecule has 0 unspecified atom stereocenters. The first-order valence-electron chi connectivity index (χ1n) is 8.51. The maximum Gasteiger partial charge on any atom is 0.319 e. The van der Waals surface area contributed by atoms with Crippen LogP contribution in [-0.4, -0.2) is 54.5 Å². The van der Waals surface area contributed by atoms with E-state index < -0.39 is 0 Å². The number of nitrogens with one attached hydrogen (secondary N) is 2. The summed E-state index contributed by atoms with van der Waals surface area (Å²) in [5, 5.41) is 13.9. The largest absolute Gasteiger partial charge is 0.468 e. The van der Waals surface area contributed by atoms with Crippen molar-refractivity contribution in [3.63, 3.8) is 0 Å².